The van der Waals surface area contributed by atoms with Crippen LogP contribution in [0.5, 0.6) is 0 Å². The summed E-state index contributed by atoms with van der Waals surface area (Å²) in [7, 11) is 0. The molecule has 3 nitrogen and oxygen atoms in total. The summed E-state index contributed by atoms with van der Waals surface area (Å²) in [6.07, 6.45) is 5.35. The van der Waals surface area contributed by atoms with Crippen LogP contribution in [0.4, 0.5) is 0 Å². The standard InChI is InChI=1S/C17H24N2O.W/c1-8-9-12(2)19-15(10-11-17(5,6)7)18-14(4)13(3)16(19)20;/h2,8-9H,1,10-11H2,3-7H3;/b12-9+;. The van der Waals surface area contributed by atoms with Gasteiger partial charge in [0.25, 0.3) is 0 Å². The summed E-state index contributed by atoms with van der Waals surface area (Å²) in [6.45, 7) is 14.1. The van der Waals surface area contributed by atoms with Gasteiger partial charge in [-0.2, -0.15) is 0 Å². The SMILES string of the molecule is C=C/C=C(\[CH]=[W])n1c(CCC(C)(C)C)nc(C)c(C)c1=O. The van der Waals surface area contributed by atoms with E-state index in [2.05, 4.69) is 32.3 Å². The van der Waals surface area contributed by atoms with E-state index in [-0.39, 0.29) is 11.0 Å². The molecule has 0 aliphatic rings. The van der Waals surface area contributed by atoms with E-state index in [4.69, 9.17) is 0 Å². The van der Waals surface area contributed by atoms with Crippen molar-refractivity contribution in [3.05, 3.63) is 46.2 Å². The number of nitrogens with zero attached hydrogens (tertiary/aromatic N) is 2. The first-order chi connectivity index (χ1) is 9.71. The molecule has 1 aromatic rings. The van der Waals surface area contributed by atoms with Gasteiger partial charge in [0.2, 0.25) is 0 Å². The minimum absolute atomic E-state index is 0.0250. The van der Waals surface area contributed by atoms with E-state index < -0.39 is 0 Å². The molecule has 0 unspecified atom stereocenters. The van der Waals surface area contributed by atoms with Crippen LogP contribution in [0.15, 0.2) is 23.5 Å². The molecule has 1 heterocycles. The van der Waals surface area contributed by atoms with E-state index in [1.54, 1.807) is 10.6 Å². The van der Waals surface area contributed by atoms with Crippen molar-refractivity contribution in [3.63, 3.8) is 0 Å². The predicted octanol–water partition coefficient (Wildman–Crippen LogP) is 3.21. The summed E-state index contributed by atoms with van der Waals surface area (Å²) in [5, 5.41) is 0. The molecule has 0 aliphatic carbocycles. The summed E-state index contributed by atoms with van der Waals surface area (Å²) in [6, 6.07) is 0. The zero-order valence-electron chi connectivity index (χ0n) is 13.6. The van der Waals surface area contributed by atoms with Crippen molar-refractivity contribution >= 4 is 10.1 Å². The molecule has 0 radical (unpaired) electrons. The van der Waals surface area contributed by atoms with Crippen LogP contribution in [0.2, 0.25) is 0 Å². The van der Waals surface area contributed by atoms with Gasteiger partial charge in [-0.25, -0.2) is 0 Å². The van der Waals surface area contributed by atoms with E-state index in [0.29, 0.717) is 5.56 Å². The fourth-order valence-corrected chi connectivity index (χ4v) is 2.64. The zero-order chi connectivity index (χ0) is 16.2. The molecule has 0 fully saturated rings. The Morgan fingerprint density at radius 3 is 2.48 bits per heavy atom. The summed E-state index contributed by atoms with van der Waals surface area (Å²) in [5.74, 6) is 0.837. The van der Waals surface area contributed by atoms with Crippen LogP contribution in [0, 0.1) is 19.3 Å². The average molecular weight is 456 g/mol. The Balaban J connectivity index is 3.48. The van der Waals surface area contributed by atoms with Crippen molar-refractivity contribution in [2.75, 3.05) is 0 Å². The predicted molar refractivity (Wildman–Crippen MR) is 86.3 cm³/mol. The molecule has 0 aliphatic heterocycles. The third kappa shape index (κ3) is 4.71. The normalized spacial score (nSPS) is 12.3. The van der Waals surface area contributed by atoms with E-state index in [0.717, 1.165) is 30.1 Å². The van der Waals surface area contributed by atoms with Gasteiger partial charge in [0.1, 0.15) is 0 Å². The molecular formula is C17H24N2OW. The molecular weight excluding hydrogens is 432 g/mol. The van der Waals surface area contributed by atoms with E-state index in [1.807, 2.05) is 24.3 Å². The van der Waals surface area contributed by atoms with Crippen molar-refractivity contribution in [2.24, 2.45) is 5.41 Å². The van der Waals surface area contributed by atoms with Gasteiger partial charge in [-0.05, 0) is 0 Å². The van der Waals surface area contributed by atoms with Gasteiger partial charge in [0, 0.05) is 0 Å². The van der Waals surface area contributed by atoms with Crippen LogP contribution >= 0.6 is 0 Å². The number of hydrogen-bond donors (Lipinski definition) is 0. The molecule has 1 aromatic heterocycles. The van der Waals surface area contributed by atoms with Crippen LogP contribution in [0.25, 0.3) is 5.70 Å². The summed E-state index contributed by atoms with van der Waals surface area (Å²) >= 11 is 1.30. The van der Waals surface area contributed by atoms with Crippen LogP contribution in [0.3, 0.4) is 0 Å². The van der Waals surface area contributed by atoms with Crippen molar-refractivity contribution in [3.8, 4) is 0 Å². The van der Waals surface area contributed by atoms with Gasteiger partial charge >= 0.3 is 138 Å². The molecule has 0 saturated heterocycles. The number of allylic oxidation sites excluding steroid dienone is 3. The second kappa shape index (κ2) is 7.26. The van der Waals surface area contributed by atoms with Gasteiger partial charge in [-0.15, -0.1) is 0 Å². The van der Waals surface area contributed by atoms with Crippen LogP contribution in [0.1, 0.15) is 44.3 Å². The fourth-order valence-electron chi connectivity index (χ4n) is 1.98. The molecule has 1 rings (SSSR count). The van der Waals surface area contributed by atoms with Gasteiger partial charge in [0.15, 0.2) is 0 Å². The van der Waals surface area contributed by atoms with Gasteiger partial charge < -0.3 is 0 Å². The Kier molecular flexibility index (Phi) is 6.21. The van der Waals surface area contributed by atoms with Crippen molar-refractivity contribution in [1.82, 2.24) is 9.55 Å². The Hall–Kier alpha value is -1.08. The molecule has 0 bridgehead atoms. The van der Waals surface area contributed by atoms with Crippen LogP contribution in [-0.2, 0) is 25.8 Å². The Bertz CT molecular complexity index is 633. The van der Waals surface area contributed by atoms with Gasteiger partial charge in [0.05, 0.1) is 0 Å². The number of rotatable bonds is 5. The minimum atomic E-state index is 0.0250. The molecule has 0 N–H and O–H groups in total. The summed E-state index contributed by atoms with van der Waals surface area (Å²) < 4.78 is 3.74. The van der Waals surface area contributed by atoms with Gasteiger partial charge in [-0.3, -0.25) is 0 Å². The number of aryl methyl sites for hydroxylation is 2. The number of hydrogen-bond acceptors (Lipinski definition) is 2. The maximum atomic E-state index is 12.6. The van der Waals surface area contributed by atoms with E-state index in [1.165, 1.54) is 19.4 Å². The monoisotopic (exact) mass is 456 g/mol. The second-order valence-electron chi connectivity index (χ2n) is 6.38. The maximum absolute atomic E-state index is 12.6. The van der Waals surface area contributed by atoms with Crippen molar-refractivity contribution < 1.29 is 19.4 Å². The summed E-state index contributed by atoms with van der Waals surface area (Å²) in [4.78, 5) is 17.3. The molecule has 0 amide bonds. The molecule has 114 valence electrons. The molecule has 0 saturated carbocycles. The first-order valence-corrected chi connectivity index (χ1v) is 8.78. The second-order valence-corrected chi connectivity index (χ2v) is 7.23. The topological polar surface area (TPSA) is 34.9 Å². The Morgan fingerprint density at radius 2 is 2.00 bits per heavy atom. The zero-order valence-corrected chi connectivity index (χ0v) is 16.5. The third-order valence-corrected chi connectivity index (χ3v) is 4.26. The van der Waals surface area contributed by atoms with Crippen LogP contribution < -0.4 is 5.56 Å². The first kappa shape index (κ1) is 18.0. The van der Waals surface area contributed by atoms with Crippen LogP contribution in [-0.4, -0.2) is 14.0 Å². The molecule has 0 spiro atoms. The molecule has 0 aromatic carbocycles. The van der Waals surface area contributed by atoms with E-state index in [9.17, 15) is 4.79 Å². The number of aromatic nitrogens is 2. The fraction of sp³-hybridized carbons (Fsp3) is 0.471. The van der Waals surface area contributed by atoms with Gasteiger partial charge in [-0.1, -0.05) is 0 Å². The third-order valence-electron chi connectivity index (χ3n) is 3.39. The van der Waals surface area contributed by atoms with Crippen molar-refractivity contribution in [1.29, 1.82) is 0 Å². The van der Waals surface area contributed by atoms with Crippen molar-refractivity contribution in [2.45, 2.75) is 47.5 Å². The average Bonchev–Trinajstić information content (AvgIpc) is 2.40. The molecule has 0 atom stereocenters. The Labute approximate surface area is 138 Å². The summed E-state index contributed by atoms with van der Waals surface area (Å²) in [5.41, 5.74) is 2.63. The Morgan fingerprint density at radius 1 is 1.38 bits per heavy atom. The van der Waals surface area contributed by atoms with E-state index >= 15 is 0 Å². The molecule has 21 heavy (non-hydrogen) atoms. The quantitative estimate of drug-likeness (QED) is 0.639. The first-order valence-electron chi connectivity index (χ1n) is 7.08. The molecule has 4 heteroatoms.